The monoisotopic (exact) mass is 376 g/mol. The lowest BCUT2D eigenvalue weighted by atomic mass is 10.2. The Morgan fingerprint density at radius 1 is 0.929 bits per heavy atom. The first-order valence-electron chi connectivity index (χ1n) is 8.75. The van der Waals surface area contributed by atoms with E-state index >= 15 is 0 Å². The van der Waals surface area contributed by atoms with Gasteiger partial charge in [0.1, 0.15) is 0 Å². The third-order valence-corrected chi connectivity index (χ3v) is 4.39. The summed E-state index contributed by atoms with van der Waals surface area (Å²) < 4.78 is 0. The van der Waals surface area contributed by atoms with Crippen molar-refractivity contribution in [3.05, 3.63) is 65.5 Å². The van der Waals surface area contributed by atoms with Crippen molar-refractivity contribution >= 4 is 34.4 Å². The molecule has 0 unspecified atom stereocenters. The smallest absolute Gasteiger partial charge is 0.286 e. The molecule has 8 nitrogen and oxygen atoms in total. The number of para-hydroxylation sites is 2. The molecule has 0 bridgehead atoms. The molecule has 0 fully saturated rings. The van der Waals surface area contributed by atoms with Gasteiger partial charge in [0.15, 0.2) is 11.4 Å². The minimum atomic E-state index is -0.543. The predicted octanol–water partition coefficient (Wildman–Crippen LogP) is 1.54. The molecule has 4 rings (SSSR count). The highest BCUT2D eigenvalue weighted by atomic mass is 16.3. The number of nitrogens with zero attached hydrogens (tertiary/aromatic N) is 3. The highest BCUT2D eigenvalue weighted by Crippen LogP contribution is 2.28. The summed E-state index contributed by atoms with van der Waals surface area (Å²) in [6, 6.07) is 13.2. The van der Waals surface area contributed by atoms with Crippen LogP contribution in [0.1, 0.15) is 37.8 Å². The average Bonchev–Trinajstić information content (AvgIpc) is 2.96. The first-order valence-corrected chi connectivity index (χ1v) is 8.75. The molecular formula is C20H16N4O4. The molecule has 1 aliphatic rings. The number of hydrogen-bond acceptors (Lipinski definition) is 6. The predicted molar refractivity (Wildman–Crippen MR) is 101 cm³/mol. The fourth-order valence-electron chi connectivity index (χ4n) is 2.98. The van der Waals surface area contributed by atoms with E-state index in [1.54, 1.807) is 24.3 Å². The summed E-state index contributed by atoms with van der Waals surface area (Å²) in [7, 11) is 0. The van der Waals surface area contributed by atoms with Crippen molar-refractivity contribution in [3.8, 4) is 0 Å². The molecule has 8 heteroatoms. The second-order valence-electron chi connectivity index (χ2n) is 6.24. The fraction of sp³-hybridized carbons (Fsp3) is 0.150. The van der Waals surface area contributed by atoms with Crippen LogP contribution < -0.4 is 10.2 Å². The third-order valence-electron chi connectivity index (χ3n) is 4.39. The van der Waals surface area contributed by atoms with Crippen LogP contribution in [0.5, 0.6) is 0 Å². The van der Waals surface area contributed by atoms with Crippen LogP contribution in [-0.4, -0.2) is 45.9 Å². The number of hydrogen-bond donors (Lipinski definition) is 2. The summed E-state index contributed by atoms with van der Waals surface area (Å²) in [5.74, 6) is -1.38. The van der Waals surface area contributed by atoms with E-state index in [1.807, 2.05) is 0 Å². The van der Waals surface area contributed by atoms with Crippen LogP contribution in [0, 0.1) is 0 Å². The molecule has 1 aromatic heterocycles. The molecule has 1 aliphatic heterocycles. The van der Waals surface area contributed by atoms with E-state index in [0.717, 1.165) is 4.90 Å². The van der Waals surface area contributed by atoms with Crippen molar-refractivity contribution in [2.75, 3.05) is 18.1 Å². The van der Waals surface area contributed by atoms with Crippen LogP contribution in [0.25, 0.3) is 11.0 Å². The van der Waals surface area contributed by atoms with E-state index < -0.39 is 11.8 Å². The minimum Gasteiger partial charge on any atom is -0.396 e. The first kappa shape index (κ1) is 17.7. The Hall–Kier alpha value is -3.65. The second-order valence-corrected chi connectivity index (χ2v) is 6.24. The van der Waals surface area contributed by atoms with Gasteiger partial charge in [-0.2, -0.15) is 0 Å². The number of aliphatic hydroxyl groups is 1. The van der Waals surface area contributed by atoms with Gasteiger partial charge in [-0.05, 0) is 42.8 Å². The number of carbonyl (C=O) groups excluding carboxylic acids is 3. The molecule has 0 aliphatic carbocycles. The maximum atomic E-state index is 12.7. The summed E-state index contributed by atoms with van der Waals surface area (Å²) in [6.07, 6.45) is 0.465. The van der Waals surface area contributed by atoms with Gasteiger partial charge in [0.25, 0.3) is 17.7 Å². The molecule has 0 atom stereocenters. The highest BCUT2D eigenvalue weighted by Gasteiger charge is 2.40. The molecule has 0 radical (unpaired) electrons. The quantitative estimate of drug-likeness (QED) is 0.516. The third kappa shape index (κ3) is 2.99. The maximum Gasteiger partial charge on any atom is 0.286 e. The lowest BCUT2D eigenvalue weighted by Gasteiger charge is -2.13. The van der Waals surface area contributed by atoms with Gasteiger partial charge >= 0.3 is 0 Å². The Morgan fingerprint density at radius 3 is 2.04 bits per heavy atom. The molecule has 3 aromatic rings. The van der Waals surface area contributed by atoms with Gasteiger partial charge in [0.05, 0.1) is 16.7 Å². The van der Waals surface area contributed by atoms with Crippen molar-refractivity contribution in [3.63, 3.8) is 0 Å². The molecule has 0 saturated carbocycles. The van der Waals surface area contributed by atoms with Crippen molar-refractivity contribution in [1.82, 2.24) is 15.3 Å². The van der Waals surface area contributed by atoms with E-state index in [9.17, 15) is 14.4 Å². The lowest BCUT2D eigenvalue weighted by Crippen LogP contribution is -2.30. The van der Waals surface area contributed by atoms with Gasteiger partial charge in [-0.3, -0.25) is 14.4 Å². The molecule has 2 N–H and O–H groups in total. The highest BCUT2D eigenvalue weighted by molar-refractivity contribution is 6.33. The first-order chi connectivity index (χ1) is 13.6. The normalized spacial score (nSPS) is 13.1. The van der Waals surface area contributed by atoms with Gasteiger partial charge in [0.2, 0.25) is 0 Å². The van der Waals surface area contributed by atoms with Crippen LogP contribution in [0.2, 0.25) is 0 Å². The van der Waals surface area contributed by atoms with Gasteiger partial charge in [-0.15, -0.1) is 0 Å². The number of nitrogens with one attached hydrogen (secondary N) is 1. The molecular weight excluding hydrogens is 360 g/mol. The number of aromatic nitrogens is 2. The number of aliphatic hydroxyl groups excluding tert-OH is 1. The maximum absolute atomic E-state index is 12.7. The van der Waals surface area contributed by atoms with E-state index in [0.29, 0.717) is 35.2 Å². The number of fused-ring (bicyclic) bond motifs is 2. The number of carbonyl (C=O) groups is 3. The summed E-state index contributed by atoms with van der Waals surface area (Å²) >= 11 is 0. The van der Waals surface area contributed by atoms with Crippen molar-refractivity contribution in [1.29, 1.82) is 0 Å². The number of imide groups is 1. The molecule has 140 valence electrons. The van der Waals surface area contributed by atoms with Crippen molar-refractivity contribution in [2.45, 2.75) is 6.42 Å². The van der Waals surface area contributed by atoms with Crippen LogP contribution in [-0.2, 0) is 0 Å². The molecule has 2 aromatic carbocycles. The number of rotatable bonds is 5. The fourth-order valence-corrected chi connectivity index (χ4v) is 2.98. The van der Waals surface area contributed by atoms with E-state index in [-0.39, 0.29) is 23.9 Å². The van der Waals surface area contributed by atoms with Crippen LogP contribution in [0.3, 0.4) is 0 Å². The van der Waals surface area contributed by atoms with Gasteiger partial charge in [-0.25, -0.2) is 14.9 Å². The van der Waals surface area contributed by atoms with Gasteiger partial charge < -0.3 is 10.4 Å². The number of anilines is 1. The molecule has 28 heavy (non-hydrogen) atoms. The zero-order valence-electron chi connectivity index (χ0n) is 14.8. The standard InChI is InChI=1S/C20H16N4O4/c25-11-3-10-21-18(26)12-6-8-13(9-7-12)24-19(27)16-17(20(24)28)23-15-5-2-1-4-14(15)22-16/h1-2,4-9,25H,3,10-11H2,(H,21,26). The van der Waals surface area contributed by atoms with Crippen molar-refractivity contribution in [2.24, 2.45) is 0 Å². The minimum absolute atomic E-state index is 0.00393. The molecule has 0 saturated heterocycles. The Morgan fingerprint density at radius 2 is 1.50 bits per heavy atom. The lowest BCUT2D eigenvalue weighted by molar-refractivity contribution is 0.0920. The topological polar surface area (TPSA) is 112 Å². The van der Waals surface area contributed by atoms with Gasteiger partial charge in [-0.1, -0.05) is 12.1 Å². The second kappa shape index (κ2) is 7.16. The number of benzene rings is 2. The largest absolute Gasteiger partial charge is 0.396 e. The van der Waals surface area contributed by atoms with Crippen LogP contribution >= 0.6 is 0 Å². The molecule has 0 spiro atoms. The van der Waals surface area contributed by atoms with E-state index in [1.165, 1.54) is 24.3 Å². The summed E-state index contributed by atoms with van der Waals surface area (Å²) in [4.78, 5) is 47.1. The zero-order valence-corrected chi connectivity index (χ0v) is 14.8. The van der Waals surface area contributed by atoms with E-state index in [4.69, 9.17) is 5.11 Å². The molecule has 3 amide bonds. The van der Waals surface area contributed by atoms with Crippen LogP contribution in [0.4, 0.5) is 5.69 Å². The zero-order chi connectivity index (χ0) is 19.7. The van der Waals surface area contributed by atoms with Crippen molar-refractivity contribution < 1.29 is 19.5 Å². The Balaban J connectivity index is 1.61. The van der Waals surface area contributed by atoms with E-state index in [2.05, 4.69) is 15.3 Å². The summed E-state index contributed by atoms with van der Waals surface area (Å²) in [5.41, 5.74) is 1.85. The van der Waals surface area contributed by atoms with Gasteiger partial charge in [0, 0.05) is 18.7 Å². The Kier molecular flexibility index (Phi) is 4.54. The Labute approximate surface area is 159 Å². The Bertz CT molecular complexity index is 1040. The molecule has 2 heterocycles. The summed E-state index contributed by atoms with van der Waals surface area (Å²) in [5, 5.41) is 11.4. The number of amides is 3. The van der Waals surface area contributed by atoms with Crippen LogP contribution in [0.15, 0.2) is 48.5 Å². The summed E-state index contributed by atoms with van der Waals surface area (Å²) in [6.45, 7) is 0.358. The SMILES string of the molecule is O=C(NCCCO)c1ccc(N2C(=O)c3nc4ccccc4nc3C2=O)cc1. The average molecular weight is 376 g/mol.